The van der Waals surface area contributed by atoms with E-state index in [1.165, 1.54) is 4.90 Å². The van der Waals surface area contributed by atoms with Crippen LogP contribution in [0, 0.1) is 10.1 Å². The van der Waals surface area contributed by atoms with Crippen LogP contribution < -0.4 is 15.2 Å². The number of carbonyl (C=O) groups excluding carboxylic acids is 2. The minimum atomic E-state index is -4.20. The van der Waals surface area contributed by atoms with Crippen molar-refractivity contribution in [2.24, 2.45) is 0 Å². The summed E-state index contributed by atoms with van der Waals surface area (Å²) >= 11 is 0. The molecular formula is C20H22N4O7S. The Balaban J connectivity index is 1.77. The number of non-ortho nitro benzene ring substituents is 1. The van der Waals surface area contributed by atoms with Crippen molar-refractivity contribution in [3.05, 3.63) is 64.2 Å². The molecule has 2 amide bonds. The molecule has 0 aliphatic carbocycles. The summed E-state index contributed by atoms with van der Waals surface area (Å²) in [4.78, 5) is 38.6. The Hall–Kier alpha value is -3.51. The van der Waals surface area contributed by atoms with Crippen LogP contribution in [0.1, 0.15) is 26.3 Å². The van der Waals surface area contributed by atoms with Gasteiger partial charge in [-0.15, -0.1) is 4.83 Å². The summed E-state index contributed by atoms with van der Waals surface area (Å²) in [6.45, 7) is 5.08. The van der Waals surface area contributed by atoms with E-state index < -0.39 is 38.6 Å². The van der Waals surface area contributed by atoms with Gasteiger partial charge in [-0.05, 0) is 44.5 Å². The number of rotatable bonds is 5. The second-order valence-electron chi connectivity index (χ2n) is 8.04. The van der Waals surface area contributed by atoms with Crippen LogP contribution in [-0.2, 0) is 26.0 Å². The smallest absolute Gasteiger partial charge is 0.415 e. The first-order valence-corrected chi connectivity index (χ1v) is 11.0. The molecule has 1 aliphatic rings. The molecule has 0 aromatic heterocycles. The van der Waals surface area contributed by atoms with Gasteiger partial charge in [-0.25, -0.2) is 13.2 Å². The maximum atomic E-state index is 12.8. The van der Waals surface area contributed by atoms with Crippen LogP contribution in [0.5, 0.6) is 0 Å². The molecule has 11 nitrogen and oxygen atoms in total. The Morgan fingerprint density at radius 1 is 1.12 bits per heavy atom. The highest BCUT2D eigenvalue weighted by Gasteiger charge is 2.40. The Morgan fingerprint density at radius 2 is 1.75 bits per heavy atom. The molecule has 0 saturated carbocycles. The predicted octanol–water partition coefficient (Wildman–Crippen LogP) is 2.27. The van der Waals surface area contributed by atoms with Crippen molar-refractivity contribution in [1.82, 2.24) is 10.3 Å². The van der Waals surface area contributed by atoms with E-state index in [0.717, 1.165) is 29.8 Å². The molecule has 0 radical (unpaired) electrons. The topological polar surface area (TPSA) is 148 Å². The standard InChI is InChI=1S/C20H22N4O7S/c1-20(2,3)31-19(26)23-16-7-5-4-6-13(16)12-17(23)18(25)21-22-32(29,30)15-10-8-14(9-11-15)24(27)28/h4-11,17,22H,12H2,1-3H3,(H,21,25)/t17-/m0/s1. The number of benzene rings is 2. The largest absolute Gasteiger partial charge is 0.443 e. The number of nitrogens with one attached hydrogen (secondary N) is 2. The maximum Gasteiger partial charge on any atom is 0.415 e. The minimum Gasteiger partial charge on any atom is -0.443 e. The highest BCUT2D eigenvalue weighted by molar-refractivity contribution is 7.89. The van der Waals surface area contributed by atoms with Crippen molar-refractivity contribution in [2.75, 3.05) is 4.90 Å². The zero-order valence-corrected chi connectivity index (χ0v) is 18.4. The second-order valence-corrected chi connectivity index (χ2v) is 9.73. The Kier molecular flexibility index (Phi) is 6.19. The molecule has 1 atom stereocenters. The van der Waals surface area contributed by atoms with Crippen molar-refractivity contribution >= 4 is 33.4 Å². The van der Waals surface area contributed by atoms with Gasteiger partial charge in [0.25, 0.3) is 21.6 Å². The van der Waals surface area contributed by atoms with Gasteiger partial charge in [0.05, 0.1) is 15.5 Å². The average Bonchev–Trinajstić information content (AvgIpc) is 3.11. The number of amides is 2. The molecule has 12 heteroatoms. The van der Waals surface area contributed by atoms with Gasteiger partial charge in [0, 0.05) is 18.6 Å². The number of sulfonamides is 1. The van der Waals surface area contributed by atoms with Gasteiger partial charge in [-0.1, -0.05) is 18.2 Å². The third-order valence-electron chi connectivity index (χ3n) is 4.54. The fourth-order valence-electron chi connectivity index (χ4n) is 3.14. The summed E-state index contributed by atoms with van der Waals surface area (Å²) in [5.74, 6) is -0.766. The summed E-state index contributed by atoms with van der Waals surface area (Å²) in [6.07, 6.45) is -0.568. The number of hydrogen-bond acceptors (Lipinski definition) is 7. The molecule has 170 valence electrons. The van der Waals surface area contributed by atoms with Crippen LogP contribution in [0.4, 0.5) is 16.2 Å². The lowest BCUT2D eigenvalue weighted by Crippen LogP contribution is -2.53. The number of hydrazine groups is 1. The normalized spacial score (nSPS) is 15.7. The third kappa shape index (κ3) is 5.03. The molecule has 0 saturated heterocycles. The number of para-hydroxylation sites is 1. The first kappa shape index (κ1) is 23.2. The molecule has 0 fully saturated rings. The number of anilines is 1. The first-order chi connectivity index (χ1) is 14.9. The van der Waals surface area contributed by atoms with Crippen LogP contribution in [0.15, 0.2) is 53.4 Å². The summed E-state index contributed by atoms with van der Waals surface area (Å²) in [5.41, 5.74) is 2.28. The van der Waals surface area contributed by atoms with Gasteiger partial charge in [-0.3, -0.25) is 25.2 Å². The fourth-order valence-corrected chi connectivity index (χ4v) is 3.99. The predicted molar refractivity (Wildman–Crippen MR) is 114 cm³/mol. The molecule has 0 unspecified atom stereocenters. The third-order valence-corrected chi connectivity index (χ3v) is 5.80. The van der Waals surface area contributed by atoms with E-state index in [0.29, 0.717) is 5.69 Å². The molecule has 32 heavy (non-hydrogen) atoms. The van der Waals surface area contributed by atoms with E-state index in [1.54, 1.807) is 45.0 Å². The first-order valence-electron chi connectivity index (χ1n) is 9.55. The number of nitro benzene ring substituents is 1. The van der Waals surface area contributed by atoms with Crippen molar-refractivity contribution in [1.29, 1.82) is 0 Å². The van der Waals surface area contributed by atoms with Gasteiger partial charge in [0.15, 0.2) is 0 Å². The Morgan fingerprint density at radius 3 is 2.34 bits per heavy atom. The lowest BCUT2D eigenvalue weighted by atomic mass is 10.1. The van der Waals surface area contributed by atoms with Gasteiger partial charge in [-0.2, -0.15) is 0 Å². The fraction of sp³-hybridized carbons (Fsp3) is 0.300. The van der Waals surface area contributed by atoms with Crippen molar-refractivity contribution in [3.63, 3.8) is 0 Å². The molecule has 0 spiro atoms. The van der Waals surface area contributed by atoms with Gasteiger partial charge >= 0.3 is 6.09 Å². The van der Waals surface area contributed by atoms with Gasteiger partial charge in [0.1, 0.15) is 11.6 Å². The van der Waals surface area contributed by atoms with Crippen molar-refractivity contribution in [2.45, 2.75) is 43.7 Å². The molecule has 3 rings (SSSR count). The van der Waals surface area contributed by atoms with E-state index in [4.69, 9.17) is 4.74 Å². The number of fused-ring (bicyclic) bond motifs is 1. The van der Waals surface area contributed by atoms with E-state index in [9.17, 15) is 28.1 Å². The van der Waals surface area contributed by atoms with Crippen LogP contribution in [0.25, 0.3) is 0 Å². The summed E-state index contributed by atoms with van der Waals surface area (Å²) in [5, 5.41) is 10.7. The summed E-state index contributed by atoms with van der Waals surface area (Å²) in [6, 6.07) is 10.0. The van der Waals surface area contributed by atoms with E-state index >= 15 is 0 Å². The molecular weight excluding hydrogens is 440 g/mol. The quantitative estimate of drug-likeness (QED) is 0.511. The molecule has 2 N–H and O–H groups in total. The summed E-state index contributed by atoms with van der Waals surface area (Å²) in [7, 11) is -4.20. The summed E-state index contributed by atoms with van der Waals surface area (Å²) < 4.78 is 30.3. The zero-order chi connectivity index (χ0) is 23.7. The zero-order valence-electron chi connectivity index (χ0n) is 17.6. The number of nitrogens with zero attached hydrogens (tertiary/aromatic N) is 2. The Labute approximate surface area is 184 Å². The van der Waals surface area contributed by atoms with Gasteiger partial charge < -0.3 is 4.74 Å². The number of nitro groups is 1. The molecule has 0 bridgehead atoms. The monoisotopic (exact) mass is 462 g/mol. The molecule has 1 aliphatic heterocycles. The van der Waals surface area contributed by atoms with Crippen molar-refractivity contribution in [3.8, 4) is 0 Å². The second kappa shape index (κ2) is 8.55. The highest BCUT2D eigenvalue weighted by atomic mass is 32.2. The lowest BCUT2D eigenvalue weighted by molar-refractivity contribution is -0.384. The minimum absolute atomic E-state index is 0.167. The average molecular weight is 462 g/mol. The van der Waals surface area contributed by atoms with E-state index in [-0.39, 0.29) is 17.0 Å². The lowest BCUT2D eigenvalue weighted by Gasteiger charge is -2.28. The number of ether oxygens (including phenoxy) is 1. The highest BCUT2D eigenvalue weighted by Crippen LogP contribution is 2.33. The molecule has 2 aromatic rings. The number of hydrogen-bond donors (Lipinski definition) is 2. The SMILES string of the molecule is CC(C)(C)OC(=O)N1c2ccccc2C[C@H]1C(=O)NNS(=O)(=O)c1ccc([N+](=O)[O-])cc1. The van der Waals surface area contributed by atoms with E-state index in [2.05, 4.69) is 5.43 Å². The van der Waals surface area contributed by atoms with Crippen LogP contribution >= 0.6 is 0 Å². The Bertz CT molecular complexity index is 1160. The van der Waals surface area contributed by atoms with Crippen LogP contribution in [-0.4, -0.2) is 37.0 Å². The maximum absolute atomic E-state index is 12.8. The van der Waals surface area contributed by atoms with Crippen LogP contribution in [0.3, 0.4) is 0 Å². The van der Waals surface area contributed by atoms with Gasteiger partial charge in [0.2, 0.25) is 0 Å². The van der Waals surface area contributed by atoms with E-state index in [1.807, 2.05) is 4.83 Å². The van der Waals surface area contributed by atoms with Crippen molar-refractivity contribution < 1.29 is 27.7 Å². The number of carbonyl (C=O) groups is 2. The molecule has 2 aromatic carbocycles. The van der Waals surface area contributed by atoms with Crippen LogP contribution in [0.2, 0.25) is 0 Å². The molecule has 1 heterocycles.